The van der Waals surface area contributed by atoms with Gasteiger partial charge in [0.25, 0.3) is 11.4 Å². The minimum Gasteiger partial charge on any atom is -0.464 e. The van der Waals surface area contributed by atoms with Crippen molar-refractivity contribution in [3.05, 3.63) is 75.6 Å². The van der Waals surface area contributed by atoms with Crippen molar-refractivity contribution in [3.8, 4) is 0 Å². The number of carbonyl (C=O) groups is 1. The quantitative estimate of drug-likeness (QED) is 0.332. The van der Waals surface area contributed by atoms with Crippen LogP contribution in [0.3, 0.4) is 0 Å². The molecule has 0 N–H and O–H groups in total. The standard InChI is InChI=1S/C28H30FN7O3/c1-17-16-36(26(19-6-8-20(29)9-7-19)27(38)39-13-12-28(3)32-33-28)18(2)15-35(17)22-14-24(37)34(5)21-10-11-23(30-4)31-25(21)22/h6-11,14,17-18,26H,12-13,15-16H2,1-3,5H3/t17-,18+,26?/m0/s1. The van der Waals surface area contributed by atoms with Crippen LogP contribution in [-0.4, -0.2) is 57.9 Å². The lowest BCUT2D eigenvalue weighted by molar-refractivity contribution is -0.152. The van der Waals surface area contributed by atoms with Crippen molar-refractivity contribution in [3.63, 3.8) is 0 Å². The number of nitrogens with zero attached hydrogens (tertiary/aromatic N) is 7. The average molecular weight is 532 g/mol. The zero-order valence-electron chi connectivity index (χ0n) is 22.3. The summed E-state index contributed by atoms with van der Waals surface area (Å²) in [6.45, 7) is 14.4. The fourth-order valence-corrected chi connectivity index (χ4v) is 5.15. The molecule has 2 aliphatic rings. The van der Waals surface area contributed by atoms with E-state index in [0.29, 0.717) is 41.8 Å². The van der Waals surface area contributed by atoms with Crippen molar-refractivity contribution in [2.45, 2.75) is 51.0 Å². The smallest absolute Gasteiger partial charge is 0.328 e. The van der Waals surface area contributed by atoms with Crippen molar-refractivity contribution in [1.29, 1.82) is 0 Å². The topological polar surface area (TPSA) is 96.8 Å². The number of aryl methyl sites for hydroxylation is 1. The van der Waals surface area contributed by atoms with Crippen LogP contribution in [0.25, 0.3) is 15.9 Å². The van der Waals surface area contributed by atoms with E-state index < -0.39 is 17.7 Å². The number of benzene rings is 1. The van der Waals surface area contributed by atoms with Crippen molar-refractivity contribution in [2.24, 2.45) is 17.3 Å². The largest absolute Gasteiger partial charge is 0.464 e. The van der Waals surface area contributed by atoms with Gasteiger partial charge in [0, 0.05) is 44.7 Å². The summed E-state index contributed by atoms with van der Waals surface area (Å²) < 4.78 is 20.9. The second-order valence-corrected chi connectivity index (χ2v) is 10.4. The highest BCUT2D eigenvalue weighted by Crippen LogP contribution is 2.35. The first-order valence-electron chi connectivity index (χ1n) is 12.9. The lowest BCUT2D eigenvalue weighted by Crippen LogP contribution is -2.58. The molecule has 2 aliphatic heterocycles. The molecule has 1 aromatic carbocycles. The van der Waals surface area contributed by atoms with E-state index in [0.717, 1.165) is 0 Å². The van der Waals surface area contributed by atoms with Crippen LogP contribution in [0.2, 0.25) is 0 Å². The van der Waals surface area contributed by atoms with E-state index >= 15 is 0 Å². The first kappa shape index (κ1) is 26.4. The Morgan fingerprint density at radius 1 is 1.18 bits per heavy atom. The Hall–Kier alpha value is -4.17. The molecule has 10 nitrogen and oxygen atoms in total. The van der Waals surface area contributed by atoms with Crippen molar-refractivity contribution < 1.29 is 13.9 Å². The summed E-state index contributed by atoms with van der Waals surface area (Å²) in [5.41, 5.74) is 1.87. The van der Waals surface area contributed by atoms with E-state index in [1.165, 1.54) is 16.7 Å². The van der Waals surface area contributed by atoms with Crippen LogP contribution in [0.5, 0.6) is 0 Å². The molecule has 11 heteroatoms. The lowest BCUT2D eigenvalue weighted by Gasteiger charge is -2.47. The summed E-state index contributed by atoms with van der Waals surface area (Å²) in [6.07, 6.45) is 0.504. The van der Waals surface area contributed by atoms with E-state index in [-0.39, 0.29) is 35.9 Å². The molecule has 1 fully saturated rings. The summed E-state index contributed by atoms with van der Waals surface area (Å²) in [5, 5.41) is 7.94. The number of piperazine rings is 1. The molecule has 0 bridgehead atoms. The number of aromatic nitrogens is 2. The summed E-state index contributed by atoms with van der Waals surface area (Å²) in [7, 11) is 1.68. The second kappa shape index (κ2) is 10.2. The Morgan fingerprint density at radius 2 is 1.90 bits per heavy atom. The number of hydrogen-bond donors (Lipinski definition) is 0. The number of anilines is 1. The van der Waals surface area contributed by atoms with Crippen molar-refractivity contribution in [1.82, 2.24) is 14.5 Å². The number of hydrogen-bond acceptors (Lipinski definition) is 8. The van der Waals surface area contributed by atoms with Gasteiger partial charge >= 0.3 is 5.97 Å². The van der Waals surface area contributed by atoms with Gasteiger partial charge in [-0.15, -0.1) is 4.98 Å². The van der Waals surface area contributed by atoms with E-state index in [1.54, 1.807) is 37.4 Å². The van der Waals surface area contributed by atoms with Crippen LogP contribution in [0.1, 0.15) is 38.8 Å². The number of rotatable bonds is 7. The molecule has 0 aliphatic carbocycles. The molecule has 0 spiro atoms. The van der Waals surface area contributed by atoms with Gasteiger partial charge in [-0.1, -0.05) is 18.7 Å². The second-order valence-electron chi connectivity index (χ2n) is 10.4. The first-order valence-corrected chi connectivity index (χ1v) is 12.9. The highest BCUT2D eigenvalue weighted by atomic mass is 19.1. The Labute approximate surface area is 225 Å². The van der Waals surface area contributed by atoms with Crippen LogP contribution in [0, 0.1) is 12.4 Å². The highest BCUT2D eigenvalue weighted by Gasteiger charge is 2.40. The van der Waals surface area contributed by atoms with Crippen LogP contribution in [0.4, 0.5) is 15.9 Å². The molecule has 0 saturated carbocycles. The molecule has 5 rings (SSSR count). The van der Waals surface area contributed by atoms with Gasteiger partial charge in [-0.05, 0) is 50.6 Å². The maximum Gasteiger partial charge on any atom is 0.328 e. The van der Waals surface area contributed by atoms with Gasteiger partial charge in [0.1, 0.15) is 11.9 Å². The monoisotopic (exact) mass is 531 g/mol. The molecule has 202 valence electrons. The van der Waals surface area contributed by atoms with Gasteiger partial charge in [0.05, 0.1) is 17.8 Å². The number of fused-ring (bicyclic) bond motifs is 1. The predicted molar refractivity (Wildman–Crippen MR) is 144 cm³/mol. The molecule has 2 aromatic heterocycles. The summed E-state index contributed by atoms with van der Waals surface area (Å²) >= 11 is 0. The summed E-state index contributed by atoms with van der Waals surface area (Å²) in [4.78, 5) is 38.4. The fraction of sp³-hybridized carbons (Fsp3) is 0.429. The van der Waals surface area contributed by atoms with Gasteiger partial charge < -0.3 is 19.0 Å². The van der Waals surface area contributed by atoms with Crippen LogP contribution < -0.4 is 10.5 Å². The molecule has 3 atom stereocenters. The van der Waals surface area contributed by atoms with Crippen molar-refractivity contribution in [2.75, 3.05) is 24.6 Å². The number of pyridine rings is 2. The predicted octanol–water partition coefficient (Wildman–Crippen LogP) is 4.38. The molecular weight excluding hydrogens is 501 g/mol. The third kappa shape index (κ3) is 5.25. The SMILES string of the molecule is [C-]#[N+]c1ccc2c(n1)c(N1C[C@@H](C)N(C(C(=O)OCCC3(C)N=N3)c3ccc(F)cc3)C[C@@H]1C)cc(=O)n2C. The third-order valence-electron chi connectivity index (χ3n) is 7.51. The maximum absolute atomic E-state index is 13.7. The summed E-state index contributed by atoms with van der Waals surface area (Å²) in [5.74, 6) is -0.548. The Morgan fingerprint density at radius 3 is 2.56 bits per heavy atom. The molecule has 0 radical (unpaired) electrons. The molecular formula is C28H30FN7O3. The fourth-order valence-electron chi connectivity index (χ4n) is 5.15. The lowest BCUT2D eigenvalue weighted by atomic mass is 9.99. The molecule has 4 heterocycles. The van der Waals surface area contributed by atoms with Crippen LogP contribution in [-0.2, 0) is 16.6 Å². The Bertz CT molecular complexity index is 1540. The average Bonchev–Trinajstić information content (AvgIpc) is 3.65. The number of carbonyl (C=O) groups excluding carboxylic acids is 1. The Balaban J connectivity index is 1.45. The third-order valence-corrected chi connectivity index (χ3v) is 7.51. The maximum atomic E-state index is 13.7. The normalized spacial score (nSPS) is 21.0. The molecule has 3 aromatic rings. The summed E-state index contributed by atoms with van der Waals surface area (Å²) in [6, 6.07) is 9.82. The number of halogens is 1. The highest BCUT2D eigenvalue weighted by molar-refractivity contribution is 5.90. The Kier molecular flexibility index (Phi) is 6.91. The van der Waals surface area contributed by atoms with E-state index in [2.05, 4.69) is 29.9 Å². The molecule has 0 amide bonds. The van der Waals surface area contributed by atoms with Gasteiger partial charge in [-0.25, -0.2) is 9.18 Å². The zero-order valence-corrected chi connectivity index (χ0v) is 22.3. The zero-order chi connectivity index (χ0) is 27.9. The van der Waals surface area contributed by atoms with E-state index in [1.807, 2.05) is 20.8 Å². The van der Waals surface area contributed by atoms with E-state index in [4.69, 9.17) is 11.3 Å². The van der Waals surface area contributed by atoms with E-state index in [9.17, 15) is 14.0 Å². The van der Waals surface area contributed by atoms with Gasteiger partial charge in [0.15, 0.2) is 5.66 Å². The van der Waals surface area contributed by atoms with Crippen molar-refractivity contribution >= 4 is 28.5 Å². The molecule has 39 heavy (non-hydrogen) atoms. The van der Waals surface area contributed by atoms with Crippen LogP contribution >= 0.6 is 0 Å². The van der Waals surface area contributed by atoms with Gasteiger partial charge in [0.2, 0.25) is 5.52 Å². The minimum atomic E-state index is -0.738. The first-order chi connectivity index (χ1) is 18.6. The number of esters is 1. The number of ether oxygens (including phenoxy) is 1. The molecule has 1 unspecified atom stereocenters. The van der Waals surface area contributed by atoms with Gasteiger partial charge in [-0.3, -0.25) is 9.69 Å². The van der Waals surface area contributed by atoms with Crippen LogP contribution in [0.15, 0.2) is 57.5 Å². The minimum absolute atomic E-state index is 0.117. The van der Waals surface area contributed by atoms with Gasteiger partial charge in [-0.2, -0.15) is 10.2 Å². The molecule has 1 saturated heterocycles.